The molecule has 2 fully saturated rings. The molecule has 0 bridgehead atoms. The van der Waals surface area contributed by atoms with E-state index < -0.39 is 0 Å². The first-order valence-corrected chi connectivity index (χ1v) is 9.68. The van der Waals surface area contributed by atoms with Gasteiger partial charge in [-0.15, -0.1) is 24.8 Å². The molecule has 0 aromatic heterocycles. The highest BCUT2D eigenvalue weighted by Crippen LogP contribution is 2.19. The predicted molar refractivity (Wildman–Crippen MR) is 113 cm³/mol. The number of rotatable bonds is 6. The van der Waals surface area contributed by atoms with E-state index in [1.165, 1.54) is 44.3 Å². The molecule has 1 amide bonds. The topological polar surface area (TPSA) is 67.6 Å². The van der Waals surface area contributed by atoms with Gasteiger partial charge < -0.3 is 15.8 Å². The van der Waals surface area contributed by atoms with Crippen molar-refractivity contribution < 1.29 is 9.53 Å². The molecule has 1 aromatic carbocycles. The van der Waals surface area contributed by atoms with Gasteiger partial charge in [-0.2, -0.15) is 0 Å². The number of likely N-dealkylation sites (tertiary alicyclic amines) is 1. The first-order valence-electron chi connectivity index (χ1n) is 9.68. The molecule has 7 heteroatoms. The summed E-state index contributed by atoms with van der Waals surface area (Å²) >= 11 is 0. The molecule has 0 aliphatic carbocycles. The highest BCUT2D eigenvalue weighted by molar-refractivity contribution is 5.85. The number of nitrogens with zero attached hydrogens (tertiary/aromatic N) is 1. The highest BCUT2D eigenvalue weighted by Gasteiger charge is 2.29. The molecule has 2 saturated heterocycles. The Kier molecular flexibility index (Phi) is 11.3. The van der Waals surface area contributed by atoms with Crippen LogP contribution in [0.2, 0.25) is 0 Å². The average Bonchev–Trinajstić information content (AvgIpc) is 2.98. The minimum atomic E-state index is -0.339. The van der Waals surface area contributed by atoms with Crippen LogP contribution in [0.4, 0.5) is 0 Å². The lowest BCUT2D eigenvalue weighted by atomic mass is 10.1. The van der Waals surface area contributed by atoms with Gasteiger partial charge in [0, 0.05) is 19.6 Å². The lowest BCUT2D eigenvalue weighted by molar-refractivity contribution is -0.132. The molecule has 3 N–H and O–H groups in total. The summed E-state index contributed by atoms with van der Waals surface area (Å²) in [6, 6.07) is 8.56. The fourth-order valence-electron chi connectivity index (χ4n) is 3.77. The Morgan fingerprint density at radius 2 is 1.81 bits per heavy atom. The Morgan fingerprint density at radius 3 is 2.48 bits per heavy atom. The van der Waals surface area contributed by atoms with Crippen LogP contribution in [0.25, 0.3) is 0 Å². The number of carbonyl (C=O) groups is 1. The second-order valence-electron chi connectivity index (χ2n) is 7.29. The van der Waals surface area contributed by atoms with Crippen LogP contribution in [0.3, 0.4) is 0 Å². The molecular weight excluding hydrogens is 385 g/mol. The molecule has 2 aliphatic heterocycles. The van der Waals surface area contributed by atoms with E-state index in [-0.39, 0.29) is 42.9 Å². The molecule has 0 unspecified atom stereocenters. The molecule has 154 valence electrons. The van der Waals surface area contributed by atoms with Gasteiger partial charge in [0.15, 0.2) is 0 Å². The molecule has 2 heterocycles. The Balaban J connectivity index is 0.00000182. The summed E-state index contributed by atoms with van der Waals surface area (Å²) in [7, 11) is 0. The monoisotopic (exact) mass is 417 g/mol. The van der Waals surface area contributed by atoms with Crippen molar-refractivity contribution in [2.45, 2.75) is 63.8 Å². The number of hydrogen-bond donors (Lipinski definition) is 2. The molecule has 3 rings (SSSR count). The number of benzene rings is 1. The smallest absolute Gasteiger partial charge is 0.249 e. The third-order valence-corrected chi connectivity index (χ3v) is 5.23. The molecule has 5 nitrogen and oxygen atoms in total. The Bertz CT molecular complexity index is 566. The van der Waals surface area contributed by atoms with Gasteiger partial charge in [-0.25, -0.2) is 0 Å². The maximum atomic E-state index is 12.2. The van der Waals surface area contributed by atoms with Gasteiger partial charge in [-0.3, -0.25) is 9.69 Å². The van der Waals surface area contributed by atoms with Gasteiger partial charge in [0.1, 0.15) is 6.10 Å². The number of carbonyl (C=O) groups excluding carboxylic acids is 1. The zero-order chi connectivity index (χ0) is 17.5. The number of amides is 1. The molecule has 2 atom stereocenters. The van der Waals surface area contributed by atoms with Gasteiger partial charge in [0.2, 0.25) is 5.91 Å². The SMILES string of the molecule is Cl.Cl.NC[C@H]1CC[C@@H](C(=O)NCc2cccc(CN3CCCCCC3)c2)O1. The van der Waals surface area contributed by atoms with Gasteiger partial charge in [-0.05, 0) is 49.9 Å². The van der Waals surface area contributed by atoms with Crippen LogP contribution in [-0.2, 0) is 22.6 Å². The normalized spacial score (nSPS) is 23.0. The molecule has 1 aromatic rings. The average molecular weight is 418 g/mol. The third-order valence-electron chi connectivity index (χ3n) is 5.23. The van der Waals surface area contributed by atoms with Crippen molar-refractivity contribution in [2.24, 2.45) is 5.73 Å². The van der Waals surface area contributed by atoms with Gasteiger partial charge in [0.05, 0.1) is 6.10 Å². The maximum absolute atomic E-state index is 12.2. The van der Waals surface area contributed by atoms with Crippen LogP contribution in [-0.4, -0.2) is 42.6 Å². The Labute approximate surface area is 175 Å². The standard InChI is InChI=1S/C20H31N3O2.2ClH/c21-13-18-8-9-19(25-18)20(24)22-14-16-6-5-7-17(12-16)15-23-10-3-1-2-4-11-23;;/h5-7,12,18-19H,1-4,8-11,13-15,21H2,(H,22,24);2*1H/t18-,19+;;/m1../s1. The van der Waals surface area contributed by atoms with Crippen LogP contribution in [0, 0.1) is 0 Å². The van der Waals surface area contributed by atoms with Gasteiger partial charge in [-0.1, -0.05) is 37.1 Å². The van der Waals surface area contributed by atoms with Crippen molar-refractivity contribution in [3.63, 3.8) is 0 Å². The summed E-state index contributed by atoms with van der Waals surface area (Å²) in [5.74, 6) is -0.0196. The predicted octanol–water partition coefficient (Wildman–Crippen LogP) is 3.03. The summed E-state index contributed by atoms with van der Waals surface area (Å²) in [6.45, 7) is 4.44. The van der Waals surface area contributed by atoms with E-state index in [0.29, 0.717) is 13.1 Å². The largest absolute Gasteiger partial charge is 0.364 e. The number of halogens is 2. The molecule has 0 spiro atoms. The molecule has 2 aliphatic rings. The third kappa shape index (κ3) is 7.59. The van der Waals surface area contributed by atoms with Crippen molar-refractivity contribution in [2.75, 3.05) is 19.6 Å². The molecular formula is C20H33Cl2N3O2. The van der Waals surface area contributed by atoms with Crippen LogP contribution in [0.5, 0.6) is 0 Å². The first-order chi connectivity index (χ1) is 12.2. The number of hydrogen-bond acceptors (Lipinski definition) is 4. The minimum Gasteiger partial charge on any atom is -0.364 e. The summed E-state index contributed by atoms with van der Waals surface area (Å²) in [6.07, 6.45) is 6.67. The summed E-state index contributed by atoms with van der Waals surface area (Å²) in [5, 5.41) is 3.01. The van der Waals surface area contributed by atoms with Crippen LogP contribution < -0.4 is 11.1 Å². The summed E-state index contributed by atoms with van der Waals surface area (Å²) < 4.78 is 5.65. The van der Waals surface area contributed by atoms with Crippen molar-refractivity contribution in [1.82, 2.24) is 10.2 Å². The van der Waals surface area contributed by atoms with E-state index in [1.807, 2.05) is 0 Å². The van der Waals surface area contributed by atoms with Crippen molar-refractivity contribution in [3.05, 3.63) is 35.4 Å². The Hall–Kier alpha value is -0.850. The van der Waals surface area contributed by atoms with Crippen molar-refractivity contribution in [3.8, 4) is 0 Å². The number of nitrogens with one attached hydrogen (secondary N) is 1. The lowest BCUT2D eigenvalue weighted by Crippen LogP contribution is -2.35. The van der Waals surface area contributed by atoms with E-state index >= 15 is 0 Å². The maximum Gasteiger partial charge on any atom is 0.249 e. The summed E-state index contributed by atoms with van der Waals surface area (Å²) in [5.41, 5.74) is 8.08. The quantitative estimate of drug-likeness (QED) is 0.745. The molecule has 0 saturated carbocycles. The number of ether oxygens (including phenoxy) is 1. The van der Waals surface area contributed by atoms with E-state index in [2.05, 4.69) is 34.5 Å². The van der Waals surface area contributed by atoms with Crippen molar-refractivity contribution >= 4 is 30.7 Å². The second-order valence-corrected chi connectivity index (χ2v) is 7.29. The van der Waals surface area contributed by atoms with Crippen LogP contribution in [0.15, 0.2) is 24.3 Å². The van der Waals surface area contributed by atoms with E-state index in [1.54, 1.807) is 0 Å². The van der Waals surface area contributed by atoms with Gasteiger partial charge >= 0.3 is 0 Å². The fourth-order valence-corrected chi connectivity index (χ4v) is 3.77. The van der Waals surface area contributed by atoms with Crippen LogP contribution >= 0.6 is 24.8 Å². The van der Waals surface area contributed by atoms with E-state index in [4.69, 9.17) is 10.5 Å². The first kappa shape index (κ1) is 24.2. The van der Waals surface area contributed by atoms with Crippen molar-refractivity contribution in [1.29, 1.82) is 0 Å². The van der Waals surface area contributed by atoms with E-state index in [0.717, 1.165) is 24.9 Å². The van der Waals surface area contributed by atoms with Gasteiger partial charge in [0.25, 0.3) is 0 Å². The highest BCUT2D eigenvalue weighted by atomic mass is 35.5. The zero-order valence-electron chi connectivity index (χ0n) is 15.9. The Morgan fingerprint density at radius 1 is 1.11 bits per heavy atom. The zero-order valence-corrected chi connectivity index (χ0v) is 17.5. The lowest BCUT2D eigenvalue weighted by Gasteiger charge is -2.20. The second kappa shape index (κ2) is 12.6. The van der Waals surface area contributed by atoms with Crippen LogP contribution in [0.1, 0.15) is 49.7 Å². The number of nitrogens with two attached hydrogens (primary N) is 1. The molecule has 0 radical (unpaired) electrons. The van der Waals surface area contributed by atoms with E-state index in [9.17, 15) is 4.79 Å². The fraction of sp³-hybridized carbons (Fsp3) is 0.650. The minimum absolute atomic E-state index is 0. The molecule has 27 heavy (non-hydrogen) atoms. The summed E-state index contributed by atoms with van der Waals surface area (Å²) in [4.78, 5) is 14.8.